The van der Waals surface area contributed by atoms with Gasteiger partial charge >= 0.3 is 0 Å². The predicted octanol–water partition coefficient (Wildman–Crippen LogP) is 0.706. The van der Waals surface area contributed by atoms with Crippen molar-refractivity contribution in [3.05, 3.63) is 0 Å². The zero-order chi connectivity index (χ0) is 13.2. The lowest BCUT2D eigenvalue weighted by molar-refractivity contribution is 0.0718. The number of methoxy groups -OCH3 is 1. The van der Waals surface area contributed by atoms with E-state index < -0.39 is 10.0 Å². The van der Waals surface area contributed by atoms with Crippen molar-refractivity contribution in [3.8, 4) is 0 Å². The van der Waals surface area contributed by atoms with E-state index in [1.165, 1.54) is 0 Å². The van der Waals surface area contributed by atoms with Gasteiger partial charge in [-0.25, -0.2) is 12.7 Å². The molecule has 7 heteroatoms. The van der Waals surface area contributed by atoms with E-state index in [9.17, 15) is 8.42 Å². The molecule has 0 aliphatic carbocycles. The fourth-order valence-electron chi connectivity index (χ4n) is 3.30. The van der Waals surface area contributed by atoms with Gasteiger partial charge in [0.1, 0.15) is 0 Å². The van der Waals surface area contributed by atoms with Crippen LogP contribution in [-0.2, 0) is 14.8 Å². The fraction of sp³-hybridized carbons (Fsp3) is 1.00. The van der Waals surface area contributed by atoms with Crippen molar-refractivity contribution in [1.29, 1.82) is 0 Å². The lowest BCUT2D eigenvalue weighted by Gasteiger charge is -2.38. The van der Waals surface area contributed by atoms with Gasteiger partial charge in [-0.2, -0.15) is 0 Å². The van der Waals surface area contributed by atoms with Crippen LogP contribution in [0, 0.1) is 11.3 Å². The first-order valence-electron chi connectivity index (χ1n) is 6.71. The molecule has 2 heterocycles. The molecule has 0 radical (unpaired) electrons. The number of piperidine rings is 1. The Balaban J connectivity index is 0.00000180. The maximum absolute atomic E-state index is 12.0. The molecular formula is C12H25ClN2O3S. The number of nitrogens with one attached hydrogen (secondary N) is 1. The van der Waals surface area contributed by atoms with E-state index in [-0.39, 0.29) is 23.6 Å². The Kier molecular flexibility index (Phi) is 6.07. The second-order valence-electron chi connectivity index (χ2n) is 5.46. The summed E-state index contributed by atoms with van der Waals surface area (Å²) >= 11 is 0. The zero-order valence-corrected chi connectivity index (χ0v) is 13.4. The monoisotopic (exact) mass is 312 g/mol. The first-order chi connectivity index (χ1) is 8.54. The van der Waals surface area contributed by atoms with E-state index in [4.69, 9.17) is 4.74 Å². The topological polar surface area (TPSA) is 58.6 Å². The van der Waals surface area contributed by atoms with Crippen molar-refractivity contribution in [1.82, 2.24) is 9.62 Å². The Bertz CT molecular complexity index is 382. The molecule has 0 bridgehead atoms. The third-order valence-corrected chi connectivity index (χ3v) is 6.30. The van der Waals surface area contributed by atoms with Crippen molar-refractivity contribution < 1.29 is 13.2 Å². The molecule has 1 spiro atoms. The summed E-state index contributed by atoms with van der Waals surface area (Å²) in [5.41, 5.74) is 0.128. The van der Waals surface area contributed by atoms with Crippen molar-refractivity contribution in [2.24, 2.45) is 11.3 Å². The number of sulfonamides is 1. The molecule has 1 atom stereocenters. The molecule has 0 aromatic heterocycles. The van der Waals surface area contributed by atoms with Gasteiger partial charge < -0.3 is 10.1 Å². The van der Waals surface area contributed by atoms with Gasteiger partial charge in [0.05, 0.1) is 12.4 Å². The van der Waals surface area contributed by atoms with E-state index in [0.29, 0.717) is 25.6 Å². The van der Waals surface area contributed by atoms with Crippen molar-refractivity contribution >= 4 is 22.4 Å². The molecule has 0 saturated carbocycles. The Labute approximate surface area is 122 Å². The van der Waals surface area contributed by atoms with Crippen LogP contribution in [0.1, 0.15) is 19.8 Å². The standard InChI is InChI=1S/C12H24N2O3S.ClH/c1-3-18(15,16)14-8-11(9-17-2)12(10-14)4-6-13-7-5-12;/h11,13H,3-10H2,1-2H3;1H. The lowest BCUT2D eigenvalue weighted by atomic mass is 9.71. The minimum Gasteiger partial charge on any atom is -0.384 e. The van der Waals surface area contributed by atoms with Crippen LogP contribution in [0.2, 0.25) is 0 Å². The van der Waals surface area contributed by atoms with Crippen molar-refractivity contribution in [2.75, 3.05) is 45.6 Å². The van der Waals surface area contributed by atoms with E-state index in [0.717, 1.165) is 25.9 Å². The van der Waals surface area contributed by atoms with Gasteiger partial charge in [0.2, 0.25) is 10.0 Å². The van der Waals surface area contributed by atoms with E-state index in [1.807, 2.05) is 0 Å². The van der Waals surface area contributed by atoms with Crippen molar-refractivity contribution in [3.63, 3.8) is 0 Å². The summed E-state index contributed by atoms with van der Waals surface area (Å²) in [4.78, 5) is 0. The maximum atomic E-state index is 12.0. The molecule has 114 valence electrons. The van der Waals surface area contributed by atoms with E-state index in [1.54, 1.807) is 18.3 Å². The summed E-state index contributed by atoms with van der Waals surface area (Å²) in [5.74, 6) is 0.534. The largest absolute Gasteiger partial charge is 0.384 e. The van der Waals surface area contributed by atoms with Crippen LogP contribution in [-0.4, -0.2) is 58.4 Å². The fourth-order valence-corrected chi connectivity index (χ4v) is 4.53. The van der Waals surface area contributed by atoms with Crippen LogP contribution >= 0.6 is 12.4 Å². The Morgan fingerprint density at radius 3 is 2.53 bits per heavy atom. The van der Waals surface area contributed by atoms with Crippen molar-refractivity contribution in [2.45, 2.75) is 19.8 Å². The molecule has 2 aliphatic heterocycles. The third kappa shape index (κ3) is 3.42. The molecule has 0 aromatic carbocycles. The number of hydrogen-bond donors (Lipinski definition) is 1. The number of nitrogens with zero attached hydrogens (tertiary/aromatic N) is 1. The molecule has 5 nitrogen and oxygen atoms in total. The van der Waals surface area contributed by atoms with E-state index >= 15 is 0 Å². The number of hydrogen-bond acceptors (Lipinski definition) is 4. The maximum Gasteiger partial charge on any atom is 0.213 e. The normalized spacial score (nSPS) is 27.4. The Hall–Kier alpha value is 0.120. The molecule has 2 aliphatic rings. The van der Waals surface area contributed by atoms with Crippen LogP contribution in [0.4, 0.5) is 0 Å². The van der Waals surface area contributed by atoms with Gasteiger partial charge in [-0.1, -0.05) is 0 Å². The first kappa shape index (κ1) is 17.2. The number of ether oxygens (including phenoxy) is 1. The van der Waals surface area contributed by atoms with E-state index in [2.05, 4.69) is 5.32 Å². The zero-order valence-electron chi connectivity index (χ0n) is 11.7. The van der Waals surface area contributed by atoms with Crippen LogP contribution in [0.25, 0.3) is 0 Å². The molecule has 0 aromatic rings. The molecule has 19 heavy (non-hydrogen) atoms. The summed E-state index contributed by atoms with van der Waals surface area (Å²) in [6.45, 7) is 5.66. The quantitative estimate of drug-likeness (QED) is 0.830. The highest BCUT2D eigenvalue weighted by Crippen LogP contribution is 2.44. The molecule has 2 saturated heterocycles. The molecule has 2 rings (SSSR count). The highest BCUT2D eigenvalue weighted by atomic mass is 35.5. The van der Waals surface area contributed by atoms with Gasteiger partial charge in [0.25, 0.3) is 0 Å². The second kappa shape index (κ2) is 6.72. The predicted molar refractivity (Wildman–Crippen MR) is 78.2 cm³/mol. The second-order valence-corrected chi connectivity index (χ2v) is 7.72. The SMILES string of the molecule is CCS(=O)(=O)N1CC(COC)C2(CCNCC2)C1.Cl. The molecule has 2 fully saturated rings. The minimum absolute atomic E-state index is 0. The summed E-state index contributed by atoms with van der Waals surface area (Å²) in [7, 11) is -1.37. The van der Waals surface area contributed by atoms with Gasteiger partial charge in [-0.15, -0.1) is 12.4 Å². The molecular weight excluding hydrogens is 288 g/mol. The Morgan fingerprint density at radius 2 is 2.00 bits per heavy atom. The van der Waals surface area contributed by atoms with Gasteiger partial charge in [-0.3, -0.25) is 0 Å². The highest BCUT2D eigenvalue weighted by molar-refractivity contribution is 7.89. The summed E-state index contributed by atoms with van der Waals surface area (Å²) in [6.07, 6.45) is 2.10. The lowest BCUT2D eigenvalue weighted by Crippen LogP contribution is -2.43. The summed E-state index contributed by atoms with van der Waals surface area (Å²) in [6, 6.07) is 0. The number of halogens is 1. The van der Waals surface area contributed by atoms with Crippen LogP contribution in [0.3, 0.4) is 0 Å². The minimum atomic E-state index is -3.07. The molecule has 1 N–H and O–H groups in total. The highest BCUT2D eigenvalue weighted by Gasteiger charge is 2.49. The van der Waals surface area contributed by atoms with Crippen LogP contribution in [0.5, 0.6) is 0 Å². The van der Waals surface area contributed by atoms with Gasteiger partial charge in [0, 0.05) is 26.1 Å². The summed E-state index contributed by atoms with van der Waals surface area (Å²) in [5, 5.41) is 3.36. The summed E-state index contributed by atoms with van der Waals surface area (Å²) < 4.78 is 31.1. The van der Waals surface area contributed by atoms with Gasteiger partial charge in [-0.05, 0) is 38.3 Å². The van der Waals surface area contributed by atoms with Gasteiger partial charge in [0.15, 0.2) is 0 Å². The third-order valence-electron chi connectivity index (χ3n) is 4.51. The molecule has 0 amide bonds. The number of rotatable bonds is 4. The van der Waals surface area contributed by atoms with Crippen LogP contribution < -0.4 is 5.32 Å². The molecule has 1 unspecified atom stereocenters. The smallest absolute Gasteiger partial charge is 0.213 e. The van der Waals surface area contributed by atoms with Crippen LogP contribution in [0.15, 0.2) is 0 Å². The first-order valence-corrected chi connectivity index (χ1v) is 8.32. The average molecular weight is 313 g/mol. The average Bonchev–Trinajstić information content (AvgIpc) is 2.71. The Morgan fingerprint density at radius 1 is 1.37 bits per heavy atom.